The minimum Gasteiger partial charge on any atom is -0.308 e. The average molecular weight is 1820 g/mol. The molecule has 36 rings (SSSR count). The van der Waals surface area contributed by atoms with Crippen molar-refractivity contribution in [1.29, 1.82) is 0 Å². The van der Waals surface area contributed by atoms with E-state index in [0.29, 0.717) is 29.0 Å². The first-order chi connectivity index (χ1) is 70.6. The Balaban J connectivity index is 0.0000000929. The number of ketones is 1. The molecule has 0 radical (unpaired) electrons. The van der Waals surface area contributed by atoms with Gasteiger partial charge >= 0.3 is 0 Å². The van der Waals surface area contributed by atoms with Gasteiger partial charge < -0.3 is 13.2 Å². The van der Waals surface area contributed by atoms with E-state index in [0.717, 1.165) is 110 Å². The highest BCUT2D eigenvalue weighted by Crippen LogP contribution is 2.56. The van der Waals surface area contributed by atoms with Crippen LogP contribution in [0.15, 0.2) is 394 Å². The maximum atomic E-state index is 13.6. The summed E-state index contributed by atoms with van der Waals surface area (Å²) in [6, 6.07) is 139. The van der Waals surface area contributed by atoms with Crippen LogP contribution in [0.2, 0.25) is 0 Å². The first-order valence-corrected chi connectivity index (χ1v) is 48.9. The maximum absolute atomic E-state index is 13.6. The molecule has 13 aromatic heterocycles. The third-order valence-electron chi connectivity index (χ3n) is 32.2. The molecule has 143 heavy (non-hydrogen) atoms. The van der Waals surface area contributed by atoms with Gasteiger partial charge in [-0.25, -0.2) is 29.9 Å². The number of para-hydroxylation sites is 6. The molecule has 14 nitrogen and oxygen atoms in total. The van der Waals surface area contributed by atoms with Gasteiger partial charge in [-0.05, 0) is 164 Å². The Morgan fingerprint density at radius 3 is 0.986 bits per heavy atom. The van der Waals surface area contributed by atoms with Crippen molar-refractivity contribution in [2.24, 2.45) is 0 Å². The van der Waals surface area contributed by atoms with E-state index in [1.54, 1.807) is 0 Å². The van der Waals surface area contributed by atoms with Crippen LogP contribution < -0.4 is 0 Å². The molecule has 0 aliphatic heterocycles. The Morgan fingerprint density at radius 2 is 0.531 bits per heavy atom. The predicted molar refractivity (Wildman–Crippen MR) is 587 cm³/mol. The van der Waals surface area contributed by atoms with Gasteiger partial charge in [0.2, 0.25) is 17.8 Å². The Morgan fingerprint density at radius 1 is 0.210 bits per heavy atom. The molecule has 0 spiro atoms. The Kier molecular flexibility index (Phi) is 14.3. The van der Waals surface area contributed by atoms with Crippen molar-refractivity contribution in [3.8, 4) is 62.7 Å². The van der Waals surface area contributed by atoms with E-state index in [2.05, 4.69) is 387 Å². The summed E-state index contributed by atoms with van der Waals surface area (Å²) >= 11 is 0. The fraction of sp³-hybridized carbons (Fsp3) is 0.0233. The molecule has 33 aromatic rings. The molecule has 658 valence electrons. The van der Waals surface area contributed by atoms with Gasteiger partial charge in [0.1, 0.15) is 0 Å². The first kappa shape index (κ1) is 75.9. The second kappa shape index (κ2) is 27.0. The number of nitrogens with zero attached hydrogens (tertiary/aromatic N) is 13. The van der Waals surface area contributed by atoms with Crippen molar-refractivity contribution in [3.05, 3.63) is 417 Å². The SMILES string of the molecule is CC1(C)c2ccccc2-c2nc(-n3c4cc5ccccc5cc4c4cc5c6ccccc6n6c7ccccc7c(c43)c56)nc3cccc1c23.O=C1c2ccccc2-c2nc(-n3c4cc5ccccc5cc4c4cc5c6ccccc6n6c7ccccc7c(c43)c56)nc3cccc1c23.c1ccc2c(c1)-c1ccnc3nc(-n4c5cc6ccccc6cc5c5cc6c7ccccc7n7c8ccccc8c(c54)c67)nc-2c13. The number of carbonyl (C=O) groups excluding carboxylic acids is 1. The number of fused-ring (bicyclic) bond motifs is 40. The summed E-state index contributed by atoms with van der Waals surface area (Å²) in [4.78, 5) is 50.8. The molecular weight excluding hydrogens is 1750 g/mol. The van der Waals surface area contributed by atoms with Crippen LogP contribution in [0.4, 0.5) is 0 Å². The third kappa shape index (κ3) is 9.66. The number of hydrogen-bond acceptors (Lipinski definition) is 8. The molecule has 0 fully saturated rings. The topological polar surface area (TPSA) is 135 Å². The van der Waals surface area contributed by atoms with Crippen molar-refractivity contribution in [2.45, 2.75) is 19.3 Å². The zero-order valence-electron chi connectivity index (χ0n) is 76.7. The van der Waals surface area contributed by atoms with Crippen LogP contribution in [0.5, 0.6) is 0 Å². The lowest BCUT2D eigenvalue weighted by atomic mass is 9.70. The first-order valence-electron chi connectivity index (χ1n) is 48.9. The summed E-state index contributed by atoms with van der Waals surface area (Å²) in [6.45, 7) is 4.64. The third-order valence-corrected chi connectivity index (χ3v) is 32.2. The van der Waals surface area contributed by atoms with Crippen molar-refractivity contribution in [1.82, 2.24) is 61.8 Å². The van der Waals surface area contributed by atoms with Crippen LogP contribution in [-0.4, -0.2) is 67.6 Å². The average Bonchev–Trinajstić information content (AvgIpc) is 1.52. The Hall–Kier alpha value is -19.2. The fourth-order valence-corrected chi connectivity index (χ4v) is 26.2. The monoisotopic (exact) mass is 1820 g/mol. The molecule has 0 amide bonds. The van der Waals surface area contributed by atoms with Crippen LogP contribution in [-0.2, 0) is 5.41 Å². The molecule has 14 heteroatoms. The van der Waals surface area contributed by atoms with Gasteiger partial charge in [-0.15, -0.1) is 0 Å². The second-order valence-electron chi connectivity index (χ2n) is 39.6. The van der Waals surface area contributed by atoms with E-state index in [1.807, 2.05) is 48.7 Å². The van der Waals surface area contributed by atoms with Gasteiger partial charge in [-0.2, -0.15) is 4.98 Å². The highest BCUT2D eigenvalue weighted by molar-refractivity contribution is 6.39. The standard InChI is InChI=1S/C45H28N4.C43H22N4O.C41H21N5/c1-45(2)33-17-8-5-15-28(33)41-40-34(45)18-11-19-35(40)46-44(47-41)49-38-23-26-13-4-3-12-25(26)22-30(38)32-24-31-27-14-6-9-20-36(27)48-37-21-10-7-16-29(37)39(42(31)48)43(32)49;48-42-27-14-4-3-13-26(27)39-37-29(42)16-9-17-33(37)44-43(45-39)47-36-21-24-11-2-1-10-23(24)20-30(36)32-22-31-25-12-5-7-18-34(25)46-35-19-8-6-15-28(35)38(40(31)46)41(32)47;1-2-10-23-20-34-29(19-22(23)9-1)31-21-30-25-12-5-7-15-32(25)45-33-16-8-6-14-28(33)36(38(30)45)39(31)46(34)41-43-37-27-13-4-3-11-24(27)26-17-18-42-40(44-41)35(26)37/h3-24H,1-2H3;1-22H;1-21H. The molecule has 0 bridgehead atoms. The molecule has 0 saturated heterocycles. The fourth-order valence-electron chi connectivity index (χ4n) is 26.2. The summed E-state index contributed by atoms with van der Waals surface area (Å²) in [5.41, 5.74) is 32.0. The van der Waals surface area contributed by atoms with Gasteiger partial charge in [0.15, 0.2) is 11.4 Å². The number of rotatable bonds is 3. The van der Waals surface area contributed by atoms with Crippen molar-refractivity contribution < 1.29 is 4.79 Å². The lowest BCUT2D eigenvalue weighted by molar-refractivity contribution is 0.104. The highest BCUT2D eigenvalue weighted by atomic mass is 16.1. The van der Waals surface area contributed by atoms with E-state index >= 15 is 0 Å². The van der Waals surface area contributed by atoms with E-state index in [1.165, 1.54) is 190 Å². The smallest absolute Gasteiger partial charge is 0.237 e. The molecule has 0 N–H and O–H groups in total. The van der Waals surface area contributed by atoms with Crippen LogP contribution in [0.25, 0.3) is 308 Å². The minimum absolute atomic E-state index is 0.0170. The Bertz CT molecular complexity index is 11700. The van der Waals surface area contributed by atoms with Gasteiger partial charge in [-0.1, -0.05) is 293 Å². The zero-order valence-corrected chi connectivity index (χ0v) is 76.7. The molecule has 3 aliphatic rings. The van der Waals surface area contributed by atoms with Crippen LogP contribution in [0.3, 0.4) is 0 Å². The largest absolute Gasteiger partial charge is 0.308 e. The number of benzene rings is 20. The summed E-state index contributed by atoms with van der Waals surface area (Å²) in [7, 11) is 0. The zero-order chi connectivity index (χ0) is 93.1. The van der Waals surface area contributed by atoms with Crippen molar-refractivity contribution in [3.63, 3.8) is 0 Å². The van der Waals surface area contributed by atoms with Crippen LogP contribution >= 0.6 is 0 Å². The normalized spacial score (nSPS) is 13.3. The summed E-state index contributed by atoms with van der Waals surface area (Å²) in [5, 5.41) is 32.2. The summed E-state index contributed by atoms with van der Waals surface area (Å²) in [5.74, 6) is 1.95. The minimum atomic E-state index is -0.158. The lowest BCUT2D eigenvalue weighted by Gasteiger charge is -2.34. The molecule has 0 atom stereocenters. The van der Waals surface area contributed by atoms with E-state index < -0.39 is 0 Å². The van der Waals surface area contributed by atoms with Crippen molar-refractivity contribution >= 4 is 251 Å². The maximum Gasteiger partial charge on any atom is 0.237 e. The number of hydrogen-bond donors (Lipinski definition) is 0. The summed E-state index contributed by atoms with van der Waals surface area (Å²) < 4.78 is 14.3. The number of pyridine rings is 1. The molecule has 0 unspecified atom stereocenters. The van der Waals surface area contributed by atoms with Crippen molar-refractivity contribution in [2.75, 3.05) is 0 Å². The molecule has 3 aliphatic carbocycles. The predicted octanol–water partition coefficient (Wildman–Crippen LogP) is 31.7. The van der Waals surface area contributed by atoms with Gasteiger partial charge in [0.25, 0.3) is 0 Å². The van der Waals surface area contributed by atoms with Gasteiger partial charge in [0, 0.05) is 147 Å². The van der Waals surface area contributed by atoms with Crippen LogP contribution in [0.1, 0.15) is 40.9 Å². The van der Waals surface area contributed by atoms with E-state index in [9.17, 15) is 4.79 Å². The van der Waals surface area contributed by atoms with Crippen LogP contribution in [0, 0.1) is 0 Å². The Labute approximate surface area is 810 Å². The van der Waals surface area contributed by atoms with Gasteiger partial charge in [0.05, 0.1) is 116 Å². The van der Waals surface area contributed by atoms with E-state index in [-0.39, 0.29) is 11.2 Å². The quantitative estimate of drug-likeness (QED) is 0.171. The molecular formula is C129H71N13O. The molecule has 0 saturated carbocycles. The number of aromatic nitrogens is 13. The molecule has 20 aromatic carbocycles. The molecule has 13 heterocycles. The summed E-state index contributed by atoms with van der Waals surface area (Å²) in [6.07, 6.45) is 1.87. The van der Waals surface area contributed by atoms with Gasteiger partial charge in [-0.3, -0.25) is 18.5 Å². The highest BCUT2D eigenvalue weighted by Gasteiger charge is 2.38. The van der Waals surface area contributed by atoms with E-state index in [4.69, 9.17) is 34.9 Å². The number of carbonyl (C=O) groups is 1. The second-order valence-corrected chi connectivity index (χ2v) is 39.6. The lowest BCUT2D eigenvalue weighted by Crippen LogP contribution is -2.24.